The highest BCUT2D eigenvalue weighted by Gasteiger charge is 2.37. The Labute approximate surface area is 230 Å². The van der Waals surface area contributed by atoms with Gasteiger partial charge in [0, 0.05) is 11.4 Å². The van der Waals surface area contributed by atoms with Gasteiger partial charge in [0.2, 0.25) is 5.91 Å². The second-order valence-corrected chi connectivity index (χ2v) is 9.71. The second-order valence-electron chi connectivity index (χ2n) is 8.32. The van der Waals surface area contributed by atoms with Crippen LogP contribution in [0.25, 0.3) is 0 Å². The molecule has 7 nitrogen and oxygen atoms in total. The van der Waals surface area contributed by atoms with Crippen molar-refractivity contribution in [2.24, 2.45) is 0 Å². The SMILES string of the molecule is CC1=C(C(=O)Nc2cc(C(F)(F)F)ccc2Cl)[C@H](c2ccco2)C(C#N)=C(SCC(=O)Nc2ccccc2)N1. The predicted octanol–water partition coefficient (Wildman–Crippen LogP) is 6.66. The number of nitrogens with one attached hydrogen (secondary N) is 3. The lowest BCUT2D eigenvalue weighted by molar-refractivity contribution is -0.137. The Balaban J connectivity index is 1.62. The zero-order valence-electron chi connectivity index (χ0n) is 20.2. The van der Waals surface area contributed by atoms with Crippen LogP contribution in [0.1, 0.15) is 24.2 Å². The van der Waals surface area contributed by atoms with Gasteiger partial charge >= 0.3 is 6.18 Å². The molecule has 0 radical (unpaired) electrons. The molecule has 2 amide bonds. The number of thioether (sulfide) groups is 1. The maximum absolute atomic E-state index is 13.4. The van der Waals surface area contributed by atoms with E-state index in [0.29, 0.717) is 16.4 Å². The number of carbonyl (C=O) groups is 2. The van der Waals surface area contributed by atoms with Gasteiger partial charge in [0.1, 0.15) is 5.76 Å². The zero-order chi connectivity index (χ0) is 28.2. The Hall–Kier alpha value is -4.14. The Kier molecular flexibility index (Phi) is 8.38. The summed E-state index contributed by atoms with van der Waals surface area (Å²) in [6, 6.07) is 16.7. The first kappa shape index (κ1) is 27.9. The third kappa shape index (κ3) is 6.47. The Morgan fingerprint density at radius 2 is 1.87 bits per heavy atom. The fraction of sp³-hybridized carbons (Fsp3) is 0.148. The van der Waals surface area contributed by atoms with E-state index in [1.165, 1.54) is 6.26 Å². The van der Waals surface area contributed by atoms with Crippen LogP contribution in [0, 0.1) is 11.3 Å². The minimum Gasteiger partial charge on any atom is -0.468 e. The first-order chi connectivity index (χ1) is 18.6. The molecule has 2 heterocycles. The minimum atomic E-state index is -4.64. The summed E-state index contributed by atoms with van der Waals surface area (Å²) in [5.41, 5.74) is -0.133. The van der Waals surface area contributed by atoms with Crippen LogP contribution in [0.4, 0.5) is 24.5 Å². The monoisotopic (exact) mass is 572 g/mol. The van der Waals surface area contributed by atoms with Gasteiger partial charge in [-0.05, 0) is 49.4 Å². The molecule has 12 heteroatoms. The lowest BCUT2D eigenvalue weighted by Gasteiger charge is -2.28. The van der Waals surface area contributed by atoms with Crippen LogP contribution in [-0.2, 0) is 15.8 Å². The molecule has 0 aliphatic carbocycles. The third-order valence-corrected chi connectivity index (χ3v) is 7.01. The summed E-state index contributed by atoms with van der Waals surface area (Å²) < 4.78 is 45.2. The number of allylic oxidation sites excluding steroid dienone is 2. The number of furan rings is 1. The highest BCUT2D eigenvalue weighted by atomic mass is 35.5. The molecule has 39 heavy (non-hydrogen) atoms. The summed E-state index contributed by atoms with van der Waals surface area (Å²) >= 11 is 7.14. The van der Waals surface area contributed by atoms with Gasteiger partial charge in [-0.3, -0.25) is 9.59 Å². The summed E-state index contributed by atoms with van der Waals surface area (Å²) in [7, 11) is 0. The fourth-order valence-electron chi connectivity index (χ4n) is 3.91. The lowest BCUT2D eigenvalue weighted by atomic mass is 9.85. The van der Waals surface area contributed by atoms with Crippen molar-refractivity contribution < 1.29 is 27.2 Å². The zero-order valence-corrected chi connectivity index (χ0v) is 21.8. The number of benzene rings is 2. The van der Waals surface area contributed by atoms with E-state index in [0.717, 1.165) is 30.0 Å². The molecule has 0 unspecified atom stereocenters. The highest BCUT2D eigenvalue weighted by Crippen LogP contribution is 2.42. The molecule has 1 atom stereocenters. The minimum absolute atomic E-state index is 0.0397. The van der Waals surface area contributed by atoms with Crippen molar-refractivity contribution in [3.63, 3.8) is 0 Å². The van der Waals surface area contributed by atoms with E-state index >= 15 is 0 Å². The number of anilines is 2. The van der Waals surface area contributed by atoms with Crippen LogP contribution in [-0.4, -0.2) is 17.6 Å². The van der Waals surface area contributed by atoms with E-state index < -0.39 is 23.6 Å². The number of hydrogen-bond donors (Lipinski definition) is 3. The number of hydrogen-bond acceptors (Lipinski definition) is 6. The van der Waals surface area contributed by atoms with Gasteiger partial charge in [-0.25, -0.2) is 0 Å². The third-order valence-electron chi connectivity index (χ3n) is 5.67. The topological polar surface area (TPSA) is 107 Å². The number of nitrogens with zero attached hydrogens (tertiary/aromatic N) is 1. The summed E-state index contributed by atoms with van der Waals surface area (Å²) in [6.45, 7) is 1.58. The first-order valence-electron chi connectivity index (χ1n) is 11.4. The number of carbonyl (C=O) groups excluding carboxylic acids is 2. The number of amides is 2. The van der Waals surface area contributed by atoms with Crippen molar-refractivity contribution in [3.05, 3.63) is 105 Å². The van der Waals surface area contributed by atoms with Gasteiger partial charge in [0.15, 0.2) is 0 Å². The molecule has 1 aliphatic heterocycles. The molecule has 2 aromatic carbocycles. The van der Waals surface area contributed by atoms with Crippen molar-refractivity contribution in [1.29, 1.82) is 5.26 Å². The van der Waals surface area contributed by atoms with Gasteiger partial charge in [-0.15, -0.1) is 0 Å². The van der Waals surface area contributed by atoms with Gasteiger partial charge in [0.05, 0.1) is 56.5 Å². The van der Waals surface area contributed by atoms with Crippen molar-refractivity contribution in [1.82, 2.24) is 5.32 Å². The molecule has 0 saturated heterocycles. The standard InChI is InChI=1S/C27H20ClF3N4O3S/c1-15-23(25(37)35-20-12-16(27(29,30)31)9-10-19(20)28)24(21-8-5-11-38-21)18(13-32)26(33-15)39-14-22(36)34-17-6-3-2-4-7-17/h2-12,24,33H,14H2,1H3,(H,34,36)(H,35,37)/t24-/m0/s1. The quantitative estimate of drug-likeness (QED) is 0.292. The highest BCUT2D eigenvalue weighted by molar-refractivity contribution is 8.03. The molecular formula is C27H20ClF3N4O3S. The maximum Gasteiger partial charge on any atom is 0.416 e. The van der Waals surface area contributed by atoms with Crippen LogP contribution in [0.3, 0.4) is 0 Å². The van der Waals surface area contributed by atoms with E-state index in [9.17, 15) is 28.0 Å². The van der Waals surface area contributed by atoms with E-state index in [1.54, 1.807) is 43.3 Å². The first-order valence-corrected chi connectivity index (χ1v) is 12.8. The van der Waals surface area contributed by atoms with Crippen molar-refractivity contribution >= 4 is 46.6 Å². The van der Waals surface area contributed by atoms with Crippen LogP contribution in [0.15, 0.2) is 93.2 Å². The Morgan fingerprint density at radius 3 is 2.51 bits per heavy atom. The van der Waals surface area contributed by atoms with Crippen LogP contribution >= 0.6 is 23.4 Å². The second kappa shape index (κ2) is 11.7. The van der Waals surface area contributed by atoms with E-state index in [4.69, 9.17) is 16.0 Å². The summed E-state index contributed by atoms with van der Waals surface area (Å²) in [5.74, 6) is -1.85. The smallest absolute Gasteiger partial charge is 0.416 e. The predicted molar refractivity (Wildman–Crippen MR) is 143 cm³/mol. The molecule has 0 fully saturated rings. The fourth-order valence-corrected chi connectivity index (χ4v) is 4.97. The van der Waals surface area contributed by atoms with Crippen molar-refractivity contribution in [3.8, 4) is 6.07 Å². The summed E-state index contributed by atoms with van der Waals surface area (Å²) in [4.78, 5) is 25.9. The molecule has 0 bridgehead atoms. The Bertz CT molecular complexity index is 1500. The average molecular weight is 573 g/mol. The van der Waals surface area contributed by atoms with Gasteiger partial charge < -0.3 is 20.4 Å². The van der Waals surface area contributed by atoms with Gasteiger partial charge in [0.25, 0.3) is 5.91 Å². The van der Waals surface area contributed by atoms with E-state index in [1.807, 2.05) is 6.07 Å². The van der Waals surface area contributed by atoms with E-state index in [2.05, 4.69) is 22.0 Å². The maximum atomic E-state index is 13.4. The lowest BCUT2D eigenvalue weighted by Crippen LogP contribution is -2.31. The average Bonchev–Trinajstić information content (AvgIpc) is 3.43. The van der Waals surface area contributed by atoms with Crippen LogP contribution in [0.2, 0.25) is 5.02 Å². The number of nitriles is 1. The van der Waals surface area contributed by atoms with Crippen molar-refractivity contribution in [2.75, 3.05) is 16.4 Å². The van der Waals surface area contributed by atoms with Crippen LogP contribution in [0.5, 0.6) is 0 Å². The molecule has 3 N–H and O–H groups in total. The van der Waals surface area contributed by atoms with Crippen molar-refractivity contribution in [2.45, 2.75) is 19.0 Å². The number of halogens is 4. The number of alkyl halides is 3. The molecule has 4 rings (SSSR count). The normalized spacial score (nSPS) is 15.4. The van der Waals surface area contributed by atoms with Crippen LogP contribution < -0.4 is 16.0 Å². The molecule has 1 aliphatic rings. The molecule has 3 aromatic rings. The largest absolute Gasteiger partial charge is 0.468 e. The summed E-state index contributed by atoms with van der Waals surface area (Å²) in [5, 5.41) is 18.5. The van der Waals surface area contributed by atoms with Gasteiger partial charge in [-0.2, -0.15) is 18.4 Å². The molecule has 1 aromatic heterocycles. The Morgan fingerprint density at radius 1 is 1.13 bits per heavy atom. The number of para-hydroxylation sites is 1. The van der Waals surface area contributed by atoms with E-state index in [-0.39, 0.29) is 39.3 Å². The number of rotatable bonds is 7. The van der Waals surface area contributed by atoms with Gasteiger partial charge in [-0.1, -0.05) is 41.6 Å². The number of dihydropyridines is 1. The molecular weight excluding hydrogens is 553 g/mol. The summed E-state index contributed by atoms with van der Waals surface area (Å²) in [6.07, 6.45) is -3.26. The molecule has 0 saturated carbocycles. The molecule has 200 valence electrons. The molecule has 0 spiro atoms.